The van der Waals surface area contributed by atoms with Gasteiger partial charge in [-0.3, -0.25) is 4.79 Å². The molecular weight excluding hydrogens is 418 g/mol. The van der Waals surface area contributed by atoms with Gasteiger partial charge in [0.25, 0.3) is 10.0 Å². The van der Waals surface area contributed by atoms with Crippen molar-refractivity contribution >= 4 is 27.3 Å². The molecule has 2 aliphatic rings. The van der Waals surface area contributed by atoms with Crippen LogP contribution in [0.5, 0.6) is 0 Å². The number of nitrogens with one attached hydrogen (secondary N) is 1. The molecule has 1 saturated carbocycles. The predicted octanol–water partition coefficient (Wildman–Crippen LogP) is 3.56. The minimum absolute atomic E-state index is 0.0762. The number of carbonyl (C=O) groups excluding carboxylic acids is 1. The molecule has 1 aliphatic carbocycles. The third kappa shape index (κ3) is 6.05. The highest BCUT2D eigenvalue weighted by atomic mass is 32.2. The van der Waals surface area contributed by atoms with Crippen molar-refractivity contribution in [1.29, 1.82) is 0 Å². The number of thiophene rings is 1. The summed E-state index contributed by atoms with van der Waals surface area (Å²) in [6, 6.07) is 4.14. The summed E-state index contributed by atoms with van der Waals surface area (Å²) in [6.07, 6.45) is 9.13. The van der Waals surface area contributed by atoms with Crippen molar-refractivity contribution in [2.75, 3.05) is 33.2 Å². The van der Waals surface area contributed by atoms with Gasteiger partial charge >= 0.3 is 0 Å². The van der Waals surface area contributed by atoms with Crippen molar-refractivity contribution in [2.24, 2.45) is 11.8 Å². The molecule has 170 valence electrons. The predicted molar refractivity (Wildman–Crippen MR) is 122 cm³/mol. The van der Waals surface area contributed by atoms with Crippen LogP contribution in [0.15, 0.2) is 21.7 Å². The maximum absolute atomic E-state index is 12.7. The van der Waals surface area contributed by atoms with Crippen molar-refractivity contribution in [3.05, 3.63) is 17.5 Å². The zero-order chi connectivity index (χ0) is 21.6. The summed E-state index contributed by atoms with van der Waals surface area (Å²) in [4.78, 5) is 15.1. The third-order valence-electron chi connectivity index (χ3n) is 6.89. The van der Waals surface area contributed by atoms with E-state index in [1.54, 1.807) is 21.8 Å². The van der Waals surface area contributed by atoms with Gasteiger partial charge in [0.15, 0.2) is 0 Å². The second-order valence-electron chi connectivity index (χ2n) is 8.88. The molecule has 6 nitrogen and oxygen atoms in total. The Labute approximate surface area is 186 Å². The first-order chi connectivity index (χ1) is 14.4. The highest BCUT2D eigenvalue weighted by molar-refractivity contribution is 7.91. The van der Waals surface area contributed by atoms with Crippen LogP contribution >= 0.6 is 11.3 Å². The molecule has 1 saturated heterocycles. The second kappa shape index (κ2) is 11.1. The number of carbonyl (C=O) groups is 1. The maximum atomic E-state index is 12.7. The first-order valence-corrected chi connectivity index (χ1v) is 13.7. The number of amides is 1. The summed E-state index contributed by atoms with van der Waals surface area (Å²) in [5.74, 6) is 0.271. The number of hydrogen-bond acceptors (Lipinski definition) is 5. The molecule has 1 amide bonds. The molecule has 0 unspecified atom stereocenters. The molecule has 1 aromatic rings. The highest BCUT2D eigenvalue weighted by Crippen LogP contribution is 2.30. The molecule has 3 rings (SSSR count). The summed E-state index contributed by atoms with van der Waals surface area (Å²) in [7, 11) is -1.17. The highest BCUT2D eigenvalue weighted by Gasteiger charge is 2.33. The Morgan fingerprint density at radius 3 is 2.57 bits per heavy atom. The van der Waals surface area contributed by atoms with Crippen LogP contribution in [0.3, 0.4) is 0 Å². The lowest BCUT2D eigenvalue weighted by atomic mass is 9.85. The number of piperidine rings is 1. The van der Waals surface area contributed by atoms with E-state index >= 15 is 0 Å². The van der Waals surface area contributed by atoms with E-state index in [1.807, 2.05) is 6.92 Å². The molecule has 30 heavy (non-hydrogen) atoms. The van der Waals surface area contributed by atoms with Crippen molar-refractivity contribution in [3.8, 4) is 0 Å². The van der Waals surface area contributed by atoms with Gasteiger partial charge in [-0.25, -0.2) is 8.42 Å². The minimum atomic E-state index is -3.38. The van der Waals surface area contributed by atoms with Crippen molar-refractivity contribution in [3.63, 3.8) is 0 Å². The van der Waals surface area contributed by atoms with Crippen LogP contribution in [-0.2, 0) is 14.8 Å². The molecular formula is C22H37N3O3S2. The Morgan fingerprint density at radius 2 is 1.93 bits per heavy atom. The molecule has 0 aromatic carbocycles. The molecule has 2 fully saturated rings. The molecule has 2 heterocycles. The summed E-state index contributed by atoms with van der Waals surface area (Å²) in [6.45, 7) is 4.71. The average molecular weight is 456 g/mol. The smallest absolute Gasteiger partial charge is 0.252 e. The molecule has 1 N–H and O–H groups in total. The summed E-state index contributed by atoms with van der Waals surface area (Å²) in [5, 5.41) is 4.90. The van der Waals surface area contributed by atoms with E-state index in [1.165, 1.54) is 43.4 Å². The normalized spacial score (nSPS) is 21.0. The summed E-state index contributed by atoms with van der Waals surface area (Å²) >= 11 is 1.26. The molecule has 0 spiro atoms. The van der Waals surface area contributed by atoms with Crippen molar-refractivity contribution in [1.82, 2.24) is 14.5 Å². The Balaban J connectivity index is 1.36. The van der Waals surface area contributed by atoms with E-state index in [2.05, 4.69) is 17.3 Å². The largest absolute Gasteiger partial charge is 0.356 e. The lowest BCUT2D eigenvalue weighted by Crippen LogP contribution is -2.43. The fourth-order valence-corrected chi connectivity index (χ4v) is 7.39. The number of sulfonamides is 1. The standard InChI is InChI=1S/C22H37N3O3S2/c1-18(22(26)23-13-7-14-24(2)20-8-4-3-5-9-20)19-11-15-25(16-12-19)30(27,28)21-10-6-17-29-21/h6,10,17-20H,3-5,7-9,11-16H2,1-2H3,(H,23,26)/t18-/m0/s1. The van der Waals surface area contributed by atoms with Gasteiger partial charge in [0.2, 0.25) is 5.91 Å². The number of hydrogen-bond donors (Lipinski definition) is 1. The molecule has 0 radical (unpaired) electrons. The third-order valence-corrected chi connectivity index (χ3v) is 10.2. The quantitative estimate of drug-likeness (QED) is 0.578. The van der Waals surface area contributed by atoms with Crippen LogP contribution in [0, 0.1) is 11.8 Å². The Bertz CT molecular complexity index is 753. The molecule has 1 aromatic heterocycles. The van der Waals surface area contributed by atoms with Gasteiger partial charge in [-0.05, 0) is 63.1 Å². The SMILES string of the molecule is C[C@H](C(=O)NCCCN(C)C1CCCCC1)C1CCN(S(=O)(=O)c2cccs2)CC1. The monoisotopic (exact) mass is 455 g/mol. The minimum Gasteiger partial charge on any atom is -0.356 e. The van der Waals surface area contributed by atoms with Gasteiger partial charge < -0.3 is 10.2 Å². The van der Waals surface area contributed by atoms with Gasteiger partial charge in [-0.2, -0.15) is 4.31 Å². The lowest BCUT2D eigenvalue weighted by molar-refractivity contribution is -0.126. The van der Waals surface area contributed by atoms with E-state index < -0.39 is 10.0 Å². The van der Waals surface area contributed by atoms with Gasteiger partial charge in [0.05, 0.1) is 0 Å². The first kappa shape index (κ1) is 23.7. The molecule has 8 heteroatoms. The van der Waals surface area contributed by atoms with E-state index in [4.69, 9.17) is 0 Å². The molecule has 0 bridgehead atoms. The van der Waals surface area contributed by atoms with Gasteiger partial charge in [0, 0.05) is 31.6 Å². The second-order valence-corrected chi connectivity index (χ2v) is 12.0. The van der Waals surface area contributed by atoms with Crippen LogP contribution < -0.4 is 5.32 Å². The van der Waals surface area contributed by atoms with Crippen molar-refractivity contribution in [2.45, 2.75) is 68.5 Å². The molecule has 1 aliphatic heterocycles. The zero-order valence-electron chi connectivity index (χ0n) is 18.4. The van der Waals surface area contributed by atoms with E-state index in [9.17, 15) is 13.2 Å². The number of rotatable bonds is 9. The molecule has 1 atom stereocenters. The lowest BCUT2D eigenvalue weighted by Gasteiger charge is -2.33. The van der Waals surface area contributed by atoms with Crippen LogP contribution in [0.2, 0.25) is 0 Å². The van der Waals surface area contributed by atoms with Gasteiger partial charge in [0.1, 0.15) is 4.21 Å². The summed E-state index contributed by atoms with van der Waals surface area (Å²) < 4.78 is 27.3. The Hall–Kier alpha value is -0.960. The average Bonchev–Trinajstić information content (AvgIpc) is 3.32. The van der Waals surface area contributed by atoms with E-state index in [0.29, 0.717) is 29.9 Å². The zero-order valence-corrected chi connectivity index (χ0v) is 20.0. The van der Waals surface area contributed by atoms with Gasteiger partial charge in [-0.1, -0.05) is 32.3 Å². The number of nitrogens with zero attached hydrogens (tertiary/aromatic N) is 2. The maximum Gasteiger partial charge on any atom is 0.252 e. The van der Waals surface area contributed by atoms with Crippen LogP contribution in [-0.4, -0.2) is 62.8 Å². The van der Waals surface area contributed by atoms with Crippen molar-refractivity contribution < 1.29 is 13.2 Å². The van der Waals surface area contributed by atoms with E-state index in [-0.39, 0.29) is 17.7 Å². The van der Waals surface area contributed by atoms with Crippen LogP contribution in [0.1, 0.15) is 58.3 Å². The fraction of sp³-hybridized carbons (Fsp3) is 0.773. The van der Waals surface area contributed by atoms with Crippen LogP contribution in [0.4, 0.5) is 0 Å². The van der Waals surface area contributed by atoms with Crippen LogP contribution in [0.25, 0.3) is 0 Å². The Morgan fingerprint density at radius 1 is 1.23 bits per heavy atom. The summed E-state index contributed by atoms with van der Waals surface area (Å²) in [5.41, 5.74) is 0. The fourth-order valence-electron chi connectivity index (χ4n) is 4.77. The van der Waals surface area contributed by atoms with E-state index in [0.717, 1.165) is 25.8 Å². The topological polar surface area (TPSA) is 69.7 Å². The first-order valence-electron chi connectivity index (χ1n) is 11.4. The Kier molecular flexibility index (Phi) is 8.74. The van der Waals surface area contributed by atoms with Gasteiger partial charge in [-0.15, -0.1) is 11.3 Å².